The van der Waals surface area contributed by atoms with Gasteiger partial charge in [-0.15, -0.1) is 0 Å². The number of amides is 2. The Kier molecular flexibility index (Phi) is 7.68. The highest BCUT2D eigenvalue weighted by Crippen LogP contribution is 2.29. The monoisotopic (exact) mass is 386 g/mol. The van der Waals surface area contributed by atoms with E-state index < -0.39 is 0 Å². The van der Waals surface area contributed by atoms with Gasteiger partial charge in [0.15, 0.2) is 0 Å². The van der Waals surface area contributed by atoms with E-state index in [1.165, 1.54) is 21.3 Å². The van der Waals surface area contributed by atoms with Gasteiger partial charge in [-0.1, -0.05) is 13.3 Å². The Morgan fingerprint density at radius 2 is 1.57 bits per heavy atom. The average Bonchev–Trinajstić information content (AvgIpc) is 2.71. The number of benzene rings is 2. The molecule has 150 valence electrons. The van der Waals surface area contributed by atoms with Gasteiger partial charge in [-0.25, -0.2) is 0 Å². The number of hydrogen-bond donors (Lipinski definition) is 2. The van der Waals surface area contributed by atoms with Crippen molar-refractivity contribution >= 4 is 23.2 Å². The van der Waals surface area contributed by atoms with Crippen molar-refractivity contribution in [3.63, 3.8) is 0 Å². The summed E-state index contributed by atoms with van der Waals surface area (Å²) in [6.07, 6.45) is 2.17. The first-order valence-corrected chi connectivity index (χ1v) is 9.03. The molecule has 0 fully saturated rings. The Hall–Kier alpha value is -3.22. The van der Waals surface area contributed by atoms with Crippen LogP contribution in [0.1, 0.15) is 36.5 Å². The summed E-state index contributed by atoms with van der Waals surface area (Å²) in [4.78, 5) is 24.7. The molecule has 0 radical (unpaired) electrons. The second-order valence-corrected chi connectivity index (χ2v) is 6.12. The molecule has 2 aromatic carbocycles. The molecular formula is C21H26N2O5. The molecular weight excluding hydrogens is 360 g/mol. The summed E-state index contributed by atoms with van der Waals surface area (Å²) in [6.45, 7) is 2.03. The van der Waals surface area contributed by atoms with Gasteiger partial charge in [0.05, 0.1) is 27.0 Å². The lowest BCUT2D eigenvalue weighted by Gasteiger charge is -2.13. The molecule has 0 atom stereocenters. The van der Waals surface area contributed by atoms with Crippen LogP contribution >= 0.6 is 0 Å². The van der Waals surface area contributed by atoms with Crippen LogP contribution in [0.2, 0.25) is 0 Å². The van der Waals surface area contributed by atoms with E-state index in [-0.39, 0.29) is 11.8 Å². The third-order valence-electron chi connectivity index (χ3n) is 4.10. The Morgan fingerprint density at radius 3 is 2.14 bits per heavy atom. The summed E-state index contributed by atoms with van der Waals surface area (Å²) in [5.74, 6) is 1.13. The zero-order valence-corrected chi connectivity index (χ0v) is 16.6. The van der Waals surface area contributed by atoms with Gasteiger partial charge in [0.2, 0.25) is 5.91 Å². The van der Waals surface area contributed by atoms with Crippen LogP contribution in [0.4, 0.5) is 11.4 Å². The summed E-state index contributed by atoms with van der Waals surface area (Å²) in [5.41, 5.74) is 1.42. The smallest absolute Gasteiger partial charge is 0.255 e. The molecule has 0 aromatic heterocycles. The third kappa shape index (κ3) is 5.64. The predicted octanol–water partition coefficient (Wildman–Crippen LogP) is 4.09. The van der Waals surface area contributed by atoms with Crippen LogP contribution in [0.5, 0.6) is 17.2 Å². The molecule has 7 nitrogen and oxygen atoms in total. The maximum atomic E-state index is 12.6. The summed E-state index contributed by atoms with van der Waals surface area (Å²) >= 11 is 0. The molecule has 0 aliphatic rings. The van der Waals surface area contributed by atoms with E-state index in [4.69, 9.17) is 14.2 Å². The number of nitrogens with one attached hydrogen (secondary N) is 2. The van der Waals surface area contributed by atoms with E-state index >= 15 is 0 Å². The van der Waals surface area contributed by atoms with Gasteiger partial charge in [0, 0.05) is 23.7 Å². The molecule has 2 amide bonds. The lowest BCUT2D eigenvalue weighted by molar-refractivity contribution is -0.116. The topological polar surface area (TPSA) is 85.9 Å². The molecule has 0 saturated carbocycles. The van der Waals surface area contributed by atoms with E-state index in [1.54, 1.807) is 36.4 Å². The molecule has 0 saturated heterocycles. The number of methoxy groups -OCH3 is 3. The van der Waals surface area contributed by atoms with Crippen molar-refractivity contribution in [3.05, 3.63) is 42.0 Å². The number of unbranched alkanes of at least 4 members (excludes halogenated alkanes) is 1. The van der Waals surface area contributed by atoms with Crippen LogP contribution in [0.3, 0.4) is 0 Å². The molecule has 0 heterocycles. The second kappa shape index (κ2) is 10.2. The number of carbonyl (C=O) groups excluding carboxylic acids is 2. The summed E-state index contributed by atoms with van der Waals surface area (Å²) in [6, 6.07) is 9.99. The molecule has 2 N–H and O–H groups in total. The van der Waals surface area contributed by atoms with Gasteiger partial charge >= 0.3 is 0 Å². The van der Waals surface area contributed by atoms with Crippen molar-refractivity contribution < 1.29 is 23.8 Å². The fourth-order valence-electron chi connectivity index (χ4n) is 2.58. The van der Waals surface area contributed by atoms with Gasteiger partial charge in [-0.3, -0.25) is 9.59 Å². The van der Waals surface area contributed by atoms with Crippen LogP contribution in [0.25, 0.3) is 0 Å². The first kappa shape index (κ1) is 21.1. The molecule has 28 heavy (non-hydrogen) atoms. The average molecular weight is 386 g/mol. The SMILES string of the molecule is CCCCC(=O)Nc1cc(NC(=O)c2cc(OC)cc(OC)c2)ccc1OC. The first-order chi connectivity index (χ1) is 13.5. The zero-order chi connectivity index (χ0) is 20.5. The molecule has 0 aliphatic heterocycles. The third-order valence-corrected chi connectivity index (χ3v) is 4.10. The Balaban J connectivity index is 2.20. The van der Waals surface area contributed by atoms with Crippen molar-refractivity contribution in [1.82, 2.24) is 0 Å². The van der Waals surface area contributed by atoms with Gasteiger partial charge in [0.25, 0.3) is 5.91 Å². The van der Waals surface area contributed by atoms with Gasteiger partial charge in [-0.2, -0.15) is 0 Å². The van der Waals surface area contributed by atoms with Crippen molar-refractivity contribution in [2.45, 2.75) is 26.2 Å². The van der Waals surface area contributed by atoms with Crippen LogP contribution in [-0.2, 0) is 4.79 Å². The quantitative estimate of drug-likeness (QED) is 0.678. The Morgan fingerprint density at radius 1 is 0.893 bits per heavy atom. The molecule has 0 aliphatic carbocycles. The number of carbonyl (C=O) groups is 2. The zero-order valence-electron chi connectivity index (χ0n) is 16.6. The number of hydrogen-bond acceptors (Lipinski definition) is 5. The maximum absolute atomic E-state index is 12.6. The van der Waals surface area contributed by atoms with E-state index in [0.29, 0.717) is 40.6 Å². The van der Waals surface area contributed by atoms with Gasteiger partial charge in [-0.05, 0) is 36.8 Å². The van der Waals surface area contributed by atoms with Crippen LogP contribution in [0, 0.1) is 0 Å². The first-order valence-electron chi connectivity index (χ1n) is 9.03. The second-order valence-electron chi connectivity index (χ2n) is 6.12. The van der Waals surface area contributed by atoms with E-state index in [2.05, 4.69) is 10.6 Å². The Bertz CT molecular complexity index is 813. The number of anilines is 2. The minimum atomic E-state index is -0.328. The van der Waals surface area contributed by atoms with Crippen molar-refractivity contribution in [1.29, 1.82) is 0 Å². The lowest BCUT2D eigenvalue weighted by atomic mass is 10.1. The van der Waals surface area contributed by atoms with Crippen LogP contribution < -0.4 is 24.8 Å². The Labute approximate surface area is 165 Å². The fourth-order valence-corrected chi connectivity index (χ4v) is 2.58. The summed E-state index contributed by atoms with van der Waals surface area (Å²) < 4.78 is 15.7. The van der Waals surface area contributed by atoms with E-state index in [0.717, 1.165) is 12.8 Å². The molecule has 2 aromatic rings. The lowest BCUT2D eigenvalue weighted by Crippen LogP contribution is -2.14. The highest BCUT2D eigenvalue weighted by Gasteiger charge is 2.13. The van der Waals surface area contributed by atoms with Crippen molar-refractivity contribution in [2.24, 2.45) is 0 Å². The van der Waals surface area contributed by atoms with Crippen LogP contribution in [-0.4, -0.2) is 33.1 Å². The number of ether oxygens (including phenoxy) is 3. The highest BCUT2D eigenvalue weighted by molar-refractivity contribution is 6.05. The summed E-state index contributed by atoms with van der Waals surface area (Å²) in [7, 11) is 4.57. The van der Waals surface area contributed by atoms with E-state index in [9.17, 15) is 9.59 Å². The minimum absolute atomic E-state index is 0.0961. The van der Waals surface area contributed by atoms with Crippen molar-refractivity contribution in [2.75, 3.05) is 32.0 Å². The van der Waals surface area contributed by atoms with Crippen LogP contribution in [0.15, 0.2) is 36.4 Å². The molecule has 0 unspecified atom stereocenters. The van der Waals surface area contributed by atoms with Gasteiger partial charge < -0.3 is 24.8 Å². The standard InChI is InChI=1S/C21H26N2O5/c1-5-6-7-20(24)23-18-12-15(8-9-19(18)28-4)22-21(25)14-10-16(26-2)13-17(11-14)27-3/h8-13H,5-7H2,1-4H3,(H,22,25)(H,23,24). The highest BCUT2D eigenvalue weighted by atomic mass is 16.5. The molecule has 0 spiro atoms. The molecule has 2 rings (SSSR count). The number of rotatable bonds is 9. The molecule has 7 heteroatoms. The van der Waals surface area contributed by atoms with Crippen molar-refractivity contribution in [3.8, 4) is 17.2 Å². The van der Waals surface area contributed by atoms with Gasteiger partial charge in [0.1, 0.15) is 17.2 Å². The molecule has 0 bridgehead atoms. The van der Waals surface area contributed by atoms with E-state index in [1.807, 2.05) is 6.92 Å². The predicted molar refractivity (Wildman–Crippen MR) is 109 cm³/mol. The minimum Gasteiger partial charge on any atom is -0.497 e. The fraction of sp³-hybridized carbons (Fsp3) is 0.333. The summed E-state index contributed by atoms with van der Waals surface area (Å²) in [5, 5.41) is 5.64. The normalized spacial score (nSPS) is 10.1. The largest absolute Gasteiger partial charge is 0.497 e. The maximum Gasteiger partial charge on any atom is 0.255 e.